The Bertz CT molecular complexity index is 450. The van der Waals surface area contributed by atoms with E-state index < -0.39 is 61.2 Å². The van der Waals surface area contributed by atoms with E-state index in [0.29, 0.717) is 0 Å². The summed E-state index contributed by atoms with van der Waals surface area (Å²) in [4.78, 5) is 54.2. The van der Waals surface area contributed by atoms with Crippen LogP contribution in [-0.4, -0.2) is 63.7 Å². The normalized spacial score (nSPS) is 13.0. The van der Waals surface area contributed by atoms with Gasteiger partial charge in [-0.15, -0.1) is 0 Å². The lowest BCUT2D eigenvalue weighted by Gasteiger charge is -2.21. The lowest BCUT2D eigenvalue weighted by atomic mass is 10.1. The molecule has 0 spiro atoms. The second kappa shape index (κ2) is 8.47. The van der Waals surface area contributed by atoms with Crippen molar-refractivity contribution in [2.45, 2.75) is 24.9 Å². The Balaban J connectivity index is 4.90. The van der Waals surface area contributed by atoms with Gasteiger partial charge in [0.05, 0.1) is 24.9 Å². The molecule has 0 saturated heterocycles. The van der Waals surface area contributed by atoms with Crippen molar-refractivity contribution < 1.29 is 39.3 Å². The highest BCUT2D eigenvalue weighted by Crippen LogP contribution is 1.99. The standard InChI is InChI=1S/C10H15N3O8/c11-9(20)4(1-6(14)15)13-5(2-7(16)17)10(21)12-3-8(18)19/h4-5,13H,1-3H2,(H2,11,20)(H,12,21)(H,14,15)(H,16,17)(H,18,19). The van der Waals surface area contributed by atoms with Crippen molar-refractivity contribution in [1.29, 1.82) is 0 Å². The number of carboxylic acids is 3. The van der Waals surface area contributed by atoms with E-state index >= 15 is 0 Å². The number of nitrogens with one attached hydrogen (secondary N) is 2. The summed E-state index contributed by atoms with van der Waals surface area (Å²) >= 11 is 0. The van der Waals surface area contributed by atoms with Crippen molar-refractivity contribution in [2.75, 3.05) is 6.54 Å². The molecule has 0 aromatic carbocycles. The molecule has 0 radical (unpaired) electrons. The quantitative estimate of drug-likeness (QED) is 0.243. The van der Waals surface area contributed by atoms with Gasteiger partial charge in [0.25, 0.3) is 0 Å². The Labute approximate surface area is 118 Å². The molecule has 7 N–H and O–H groups in total. The highest BCUT2D eigenvalue weighted by Gasteiger charge is 2.28. The molecule has 118 valence electrons. The van der Waals surface area contributed by atoms with Crippen LogP contribution in [0.15, 0.2) is 0 Å². The minimum atomic E-state index is -1.50. The first-order valence-corrected chi connectivity index (χ1v) is 5.62. The van der Waals surface area contributed by atoms with E-state index in [2.05, 4.69) is 5.32 Å². The van der Waals surface area contributed by atoms with Crippen LogP contribution in [-0.2, 0) is 24.0 Å². The fourth-order valence-electron chi connectivity index (χ4n) is 1.35. The third kappa shape index (κ3) is 8.15. The average Bonchev–Trinajstić information content (AvgIpc) is 2.32. The number of hydrogen-bond acceptors (Lipinski definition) is 6. The van der Waals surface area contributed by atoms with Crippen molar-refractivity contribution in [3.05, 3.63) is 0 Å². The molecule has 0 heterocycles. The van der Waals surface area contributed by atoms with Crippen LogP contribution in [0, 0.1) is 0 Å². The zero-order chi connectivity index (χ0) is 16.6. The molecule has 0 aliphatic rings. The van der Waals surface area contributed by atoms with Gasteiger partial charge < -0.3 is 26.4 Å². The molecule has 2 unspecified atom stereocenters. The van der Waals surface area contributed by atoms with Gasteiger partial charge in [-0.2, -0.15) is 0 Å². The van der Waals surface area contributed by atoms with Crippen molar-refractivity contribution in [2.24, 2.45) is 5.73 Å². The molecule has 11 heteroatoms. The summed E-state index contributed by atoms with van der Waals surface area (Å²) < 4.78 is 0. The van der Waals surface area contributed by atoms with E-state index in [0.717, 1.165) is 0 Å². The van der Waals surface area contributed by atoms with Crippen LogP contribution < -0.4 is 16.4 Å². The predicted octanol–water partition coefficient (Wildman–Crippen LogP) is -3.05. The Morgan fingerprint density at radius 2 is 1.33 bits per heavy atom. The number of carbonyl (C=O) groups excluding carboxylic acids is 2. The first kappa shape index (κ1) is 18.3. The topological polar surface area (TPSA) is 196 Å². The summed E-state index contributed by atoms with van der Waals surface area (Å²) in [6.45, 7) is -0.753. The molecule has 0 rings (SSSR count). The summed E-state index contributed by atoms with van der Waals surface area (Å²) in [5.41, 5.74) is 4.95. The predicted molar refractivity (Wildman–Crippen MR) is 65.1 cm³/mol. The first-order chi connectivity index (χ1) is 9.63. The van der Waals surface area contributed by atoms with Gasteiger partial charge in [-0.3, -0.25) is 29.3 Å². The summed E-state index contributed by atoms with van der Waals surface area (Å²) in [6, 6.07) is -2.97. The second-order valence-electron chi connectivity index (χ2n) is 3.98. The van der Waals surface area contributed by atoms with E-state index in [1.54, 1.807) is 0 Å². The number of carbonyl (C=O) groups is 5. The van der Waals surface area contributed by atoms with Gasteiger partial charge in [0.2, 0.25) is 11.8 Å². The van der Waals surface area contributed by atoms with E-state index in [4.69, 9.17) is 21.1 Å². The molecule has 0 bridgehead atoms. The van der Waals surface area contributed by atoms with Crippen LogP contribution in [0.3, 0.4) is 0 Å². The molecule has 0 aromatic rings. The van der Waals surface area contributed by atoms with Crippen LogP contribution in [0.1, 0.15) is 12.8 Å². The summed E-state index contributed by atoms with van der Waals surface area (Å²) in [6.07, 6.45) is -1.54. The van der Waals surface area contributed by atoms with Crippen LogP contribution in [0.2, 0.25) is 0 Å². The maximum atomic E-state index is 11.6. The maximum absolute atomic E-state index is 11.6. The summed E-state index contributed by atoms with van der Waals surface area (Å²) in [5, 5.41) is 29.8. The van der Waals surface area contributed by atoms with Gasteiger partial charge in [0, 0.05) is 0 Å². The maximum Gasteiger partial charge on any atom is 0.322 e. The minimum Gasteiger partial charge on any atom is -0.481 e. The highest BCUT2D eigenvalue weighted by atomic mass is 16.4. The molecule has 2 amide bonds. The second-order valence-corrected chi connectivity index (χ2v) is 3.98. The number of nitrogens with two attached hydrogens (primary N) is 1. The Morgan fingerprint density at radius 3 is 1.71 bits per heavy atom. The number of aliphatic carboxylic acids is 3. The monoisotopic (exact) mass is 305 g/mol. The van der Waals surface area contributed by atoms with Crippen LogP contribution >= 0.6 is 0 Å². The molecular formula is C10H15N3O8. The summed E-state index contributed by atoms with van der Waals surface area (Å²) in [7, 11) is 0. The molecule has 0 aromatic heterocycles. The molecule has 2 atom stereocenters. The molecule has 0 saturated carbocycles. The Hall–Kier alpha value is -2.69. The number of primary amides is 1. The summed E-state index contributed by atoms with van der Waals surface area (Å²) in [5.74, 6) is -6.23. The third-order valence-electron chi connectivity index (χ3n) is 2.23. The van der Waals surface area contributed by atoms with Gasteiger partial charge in [0.15, 0.2) is 0 Å². The molecule has 0 aliphatic heterocycles. The fraction of sp³-hybridized carbons (Fsp3) is 0.500. The van der Waals surface area contributed by atoms with Gasteiger partial charge in [0.1, 0.15) is 6.54 Å². The Morgan fingerprint density at radius 1 is 0.857 bits per heavy atom. The van der Waals surface area contributed by atoms with Crippen LogP contribution in [0.25, 0.3) is 0 Å². The molecule has 0 aliphatic carbocycles. The first-order valence-electron chi connectivity index (χ1n) is 5.62. The average molecular weight is 305 g/mol. The van der Waals surface area contributed by atoms with E-state index in [1.807, 2.05) is 5.32 Å². The van der Waals surface area contributed by atoms with E-state index in [-0.39, 0.29) is 0 Å². The zero-order valence-corrected chi connectivity index (χ0v) is 10.7. The Kier molecular flexibility index (Phi) is 7.39. The molecule has 0 fully saturated rings. The van der Waals surface area contributed by atoms with E-state index in [1.165, 1.54) is 0 Å². The SMILES string of the molecule is NC(=O)C(CC(=O)O)NC(CC(=O)O)C(=O)NCC(=O)O. The van der Waals surface area contributed by atoms with Crippen LogP contribution in [0.5, 0.6) is 0 Å². The largest absolute Gasteiger partial charge is 0.481 e. The number of carboxylic acid groups (broad SMARTS) is 3. The number of rotatable bonds is 10. The number of amides is 2. The van der Waals surface area contributed by atoms with E-state index in [9.17, 15) is 24.0 Å². The van der Waals surface area contributed by atoms with Crippen molar-refractivity contribution in [3.8, 4) is 0 Å². The number of hydrogen-bond donors (Lipinski definition) is 6. The fourth-order valence-corrected chi connectivity index (χ4v) is 1.35. The molecular weight excluding hydrogens is 290 g/mol. The third-order valence-corrected chi connectivity index (χ3v) is 2.23. The van der Waals surface area contributed by atoms with Crippen LogP contribution in [0.4, 0.5) is 0 Å². The lowest BCUT2D eigenvalue weighted by molar-refractivity contribution is -0.142. The highest BCUT2D eigenvalue weighted by molar-refractivity contribution is 5.90. The van der Waals surface area contributed by atoms with Gasteiger partial charge >= 0.3 is 17.9 Å². The van der Waals surface area contributed by atoms with Gasteiger partial charge in [-0.05, 0) is 0 Å². The lowest BCUT2D eigenvalue weighted by Crippen LogP contribution is -2.54. The minimum absolute atomic E-state index is 0.752. The van der Waals surface area contributed by atoms with Crippen molar-refractivity contribution >= 4 is 29.7 Å². The zero-order valence-electron chi connectivity index (χ0n) is 10.7. The molecule has 21 heavy (non-hydrogen) atoms. The molecule has 11 nitrogen and oxygen atoms in total. The van der Waals surface area contributed by atoms with Gasteiger partial charge in [-0.1, -0.05) is 0 Å². The van der Waals surface area contributed by atoms with Gasteiger partial charge in [-0.25, -0.2) is 0 Å². The van der Waals surface area contributed by atoms with Crippen molar-refractivity contribution in [3.63, 3.8) is 0 Å². The smallest absolute Gasteiger partial charge is 0.322 e. The van der Waals surface area contributed by atoms with Crippen molar-refractivity contribution in [1.82, 2.24) is 10.6 Å².